The molecule has 2 atom stereocenters. The van der Waals surface area contributed by atoms with Gasteiger partial charge in [0.15, 0.2) is 23.2 Å². The molecular formula is C17H16F3NO3. The number of aliphatic hydroxyl groups is 1. The minimum atomic E-state index is -1.24. The Hall–Kier alpha value is -2.54. The van der Waals surface area contributed by atoms with Crippen molar-refractivity contribution in [2.45, 2.75) is 19.1 Å². The average Bonchev–Trinajstić information content (AvgIpc) is 2.56. The topological polar surface area (TPSA) is 58.6 Å². The Bertz CT molecular complexity index is 752. The fourth-order valence-electron chi connectivity index (χ4n) is 2.16. The van der Waals surface area contributed by atoms with Gasteiger partial charge >= 0.3 is 0 Å². The molecule has 0 bridgehead atoms. The van der Waals surface area contributed by atoms with Gasteiger partial charge in [-0.25, -0.2) is 13.2 Å². The second-order valence-electron chi connectivity index (χ2n) is 5.23. The summed E-state index contributed by atoms with van der Waals surface area (Å²) in [5.74, 6) is -3.38. The predicted molar refractivity (Wildman–Crippen MR) is 81.2 cm³/mol. The molecule has 2 unspecified atom stereocenters. The highest BCUT2D eigenvalue weighted by Crippen LogP contribution is 2.21. The molecule has 2 N–H and O–H groups in total. The van der Waals surface area contributed by atoms with Crippen LogP contribution in [-0.4, -0.2) is 24.2 Å². The van der Waals surface area contributed by atoms with E-state index in [9.17, 15) is 23.1 Å². The second-order valence-corrected chi connectivity index (χ2v) is 5.23. The van der Waals surface area contributed by atoms with Gasteiger partial charge in [-0.2, -0.15) is 0 Å². The van der Waals surface area contributed by atoms with E-state index in [-0.39, 0.29) is 16.9 Å². The van der Waals surface area contributed by atoms with E-state index in [0.29, 0.717) is 0 Å². The van der Waals surface area contributed by atoms with Crippen LogP contribution in [-0.2, 0) is 0 Å². The van der Waals surface area contributed by atoms with Gasteiger partial charge < -0.3 is 15.2 Å². The fraction of sp³-hybridized carbons (Fsp3) is 0.235. The van der Waals surface area contributed by atoms with Crippen LogP contribution < -0.4 is 10.1 Å². The summed E-state index contributed by atoms with van der Waals surface area (Å²) >= 11 is 0. The summed E-state index contributed by atoms with van der Waals surface area (Å²) in [6.07, 6.45) is -1.24. The molecule has 0 aliphatic carbocycles. The lowest BCUT2D eigenvalue weighted by Crippen LogP contribution is -2.37. The van der Waals surface area contributed by atoms with E-state index in [1.165, 1.54) is 32.2 Å². The molecule has 7 heteroatoms. The minimum Gasteiger partial charge on any atom is -0.494 e. The summed E-state index contributed by atoms with van der Waals surface area (Å²) in [7, 11) is 1.27. The number of carbonyl (C=O) groups excluding carboxylic acids is 1. The normalized spacial score (nSPS) is 13.2. The zero-order valence-corrected chi connectivity index (χ0v) is 13.0. The number of ether oxygens (including phenoxy) is 1. The van der Waals surface area contributed by atoms with Crippen molar-refractivity contribution in [3.8, 4) is 5.75 Å². The quantitative estimate of drug-likeness (QED) is 0.880. The number of hydrogen-bond acceptors (Lipinski definition) is 3. The van der Waals surface area contributed by atoms with Gasteiger partial charge in [0.25, 0.3) is 5.91 Å². The van der Waals surface area contributed by atoms with Crippen molar-refractivity contribution in [2.75, 3.05) is 7.11 Å². The number of hydrogen-bond donors (Lipinski definition) is 2. The van der Waals surface area contributed by atoms with E-state index in [2.05, 4.69) is 5.32 Å². The van der Waals surface area contributed by atoms with E-state index in [0.717, 1.165) is 18.2 Å². The van der Waals surface area contributed by atoms with E-state index >= 15 is 0 Å². The number of aliphatic hydroxyl groups excluding tert-OH is 1. The van der Waals surface area contributed by atoms with Crippen LogP contribution in [0, 0.1) is 17.5 Å². The van der Waals surface area contributed by atoms with Crippen molar-refractivity contribution in [1.82, 2.24) is 5.32 Å². The van der Waals surface area contributed by atoms with Gasteiger partial charge in [0.05, 0.1) is 19.3 Å². The Morgan fingerprint density at radius 3 is 2.38 bits per heavy atom. The van der Waals surface area contributed by atoms with Gasteiger partial charge in [0, 0.05) is 5.56 Å². The molecule has 0 heterocycles. The van der Waals surface area contributed by atoms with Crippen LogP contribution in [0.15, 0.2) is 36.4 Å². The predicted octanol–water partition coefficient (Wildman–Crippen LogP) is 2.96. The first-order valence-corrected chi connectivity index (χ1v) is 7.11. The maximum Gasteiger partial charge on any atom is 0.251 e. The van der Waals surface area contributed by atoms with Crippen molar-refractivity contribution < 1.29 is 27.8 Å². The van der Waals surface area contributed by atoms with E-state index in [4.69, 9.17) is 4.74 Å². The Labute approximate surface area is 136 Å². The first-order valence-electron chi connectivity index (χ1n) is 7.11. The molecule has 1 amide bonds. The van der Waals surface area contributed by atoms with Crippen LogP contribution >= 0.6 is 0 Å². The molecule has 0 saturated carbocycles. The summed E-state index contributed by atoms with van der Waals surface area (Å²) in [6, 6.07) is 5.78. The molecule has 2 aromatic carbocycles. The Kier molecular flexibility index (Phi) is 5.46. The third-order valence-electron chi connectivity index (χ3n) is 3.53. The van der Waals surface area contributed by atoms with E-state index in [1.54, 1.807) is 0 Å². The maximum atomic E-state index is 13.4. The number of methoxy groups -OCH3 is 1. The SMILES string of the molecule is COc1cc(C(=O)NC(C)C(O)c2ccc(F)c(F)c2)ccc1F. The highest BCUT2D eigenvalue weighted by molar-refractivity contribution is 5.94. The van der Waals surface area contributed by atoms with Crippen LogP contribution in [0.2, 0.25) is 0 Å². The molecule has 0 spiro atoms. The van der Waals surface area contributed by atoms with Crippen molar-refractivity contribution in [2.24, 2.45) is 0 Å². The molecule has 128 valence electrons. The zero-order chi connectivity index (χ0) is 17.9. The van der Waals surface area contributed by atoms with Crippen molar-refractivity contribution in [3.63, 3.8) is 0 Å². The van der Waals surface area contributed by atoms with Gasteiger partial charge in [-0.3, -0.25) is 4.79 Å². The summed E-state index contributed by atoms with van der Waals surface area (Å²) in [5, 5.41) is 12.7. The summed E-state index contributed by atoms with van der Waals surface area (Å²) in [4.78, 5) is 12.2. The Balaban J connectivity index is 2.11. The third kappa shape index (κ3) is 3.86. The molecule has 2 rings (SSSR count). The largest absolute Gasteiger partial charge is 0.494 e. The zero-order valence-electron chi connectivity index (χ0n) is 13.0. The highest BCUT2D eigenvalue weighted by Gasteiger charge is 2.21. The van der Waals surface area contributed by atoms with E-state index < -0.39 is 35.5 Å². The Morgan fingerprint density at radius 2 is 1.75 bits per heavy atom. The molecule has 0 saturated heterocycles. The fourth-order valence-corrected chi connectivity index (χ4v) is 2.16. The first-order chi connectivity index (χ1) is 11.3. The van der Waals surface area contributed by atoms with Crippen LogP contribution in [0.5, 0.6) is 5.75 Å². The van der Waals surface area contributed by atoms with Crippen LogP contribution in [0.3, 0.4) is 0 Å². The number of halogens is 3. The highest BCUT2D eigenvalue weighted by atomic mass is 19.2. The number of carbonyl (C=O) groups is 1. The van der Waals surface area contributed by atoms with Gasteiger partial charge in [-0.05, 0) is 42.8 Å². The molecule has 2 aromatic rings. The second kappa shape index (κ2) is 7.35. The monoisotopic (exact) mass is 339 g/mol. The lowest BCUT2D eigenvalue weighted by Gasteiger charge is -2.21. The van der Waals surface area contributed by atoms with Gasteiger partial charge in [-0.1, -0.05) is 6.07 Å². The van der Waals surface area contributed by atoms with E-state index in [1.807, 2.05) is 0 Å². The van der Waals surface area contributed by atoms with Gasteiger partial charge in [0.2, 0.25) is 0 Å². The third-order valence-corrected chi connectivity index (χ3v) is 3.53. The van der Waals surface area contributed by atoms with Gasteiger partial charge in [-0.15, -0.1) is 0 Å². The first kappa shape index (κ1) is 17.8. The Morgan fingerprint density at radius 1 is 1.08 bits per heavy atom. The maximum absolute atomic E-state index is 13.4. The lowest BCUT2D eigenvalue weighted by atomic mass is 10.0. The minimum absolute atomic E-state index is 0.0866. The molecule has 4 nitrogen and oxygen atoms in total. The molecular weight excluding hydrogens is 323 g/mol. The number of rotatable bonds is 5. The summed E-state index contributed by atoms with van der Waals surface area (Å²) < 4.78 is 44.3. The molecule has 0 fully saturated rings. The summed E-state index contributed by atoms with van der Waals surface area (Å²) in [5.41, 5.74) is 0.260. The molecule has 0 radical (unpaired) electrons. The van der Waals surface area contributed by atoms with Crippen molar-refractivity contribution in [3.05, 3.63) is 65.0 Å². The molecule has 0 aliphatic rings. The van der Waals surface area contributed by atoms with Crippen molar-refractivity contribution >= 4 is 5.91 Å². The number of benzene rings is 2. The number of nitrogens with one attached hydrogen (secondary N) is 1. The molecule has 0 aliphatic heterocycles. The molecule has 0 aromatic heterocycles. The average molecular weight is 339 g/mol. The summed E-state index contributed by atoms with van der Waals surface area (Å²) in [6.45, 7) is 1.50. The number of amides is 1. The van der Waals surface area contributed by atoms with Gasteiger partial charge in [0.1, 0.15) is 0 Å². The van der Waals surface area contributed by atoms with Crippen LogP contribution in [0.25, 0.3) is 0 Å². The standard InChI is InChI=1S/C17H16F3NO3/c1-9(16(22)10-3-5-12(18)14(20)7-10)21-17(23)11-4-6-13(19)15(8-11)24-2/h3-9,16,22H,1-2H3,(H,21,23). The molecule has 24 heavy (non-hydrogen) atoms. The van der Waals surface area contributed by atoms with Crippen molar-refractivity contribution in [1.29, 1.82) is 0 Å². The van der Waals surface area contributed by atoms with Crippen LogP contribution in [0.4, 0.5) is 13.2 Å². The lowest BCUT2D eigenvalue weighted by molar-refractivity contribution is 0.0851. The van der Waals surface area contributed by atoms with Crippen LogP contribution in [0.1, 0.15) is 28.9 Å². The smallest absolute Gasteiger partial charge is 0.251 e.